The van der Waals surface area contributed by atoms with Gasteiger partial charge in [0.1, 0.15) is 11.6 Å². The molecule has 0 aliphatic carbocycles. The Kier molecular flexibility index (Phi) is 4.74. The molecule has 2 heterocycles. The average Bonchev–Trinajstić information content (AvgIpc) is 3.13. The number of ether oxygens (including phenoxy) is 1. The molecule has 2 aromatic heterocycles. The Morgan fingerprint density at radius 3 is 2.62 bits per heavy atom. The van der Waals surface area contributed by atoms with Gasteiger partial charge in [-0.2, -0.15) is 10.1 Å². The van der Waals surface area contributed by atoms with E-state index in [1.165, 1.54) is 0 Å². The molecule has 0 spiro atoms. The SMILES string of the molecule is CCOC(CC)(CC)c1noc(C(N)c2cnn(C)c2)n1. The van der Waals surface area contributed by atoms with Crippen LogP contribution in [0.2, 0.25) is 0 Å². The molecule has 0 saturated carbocycles. The first-order valence-electron chi connectivity index (χ1n) is 7.28. The number of hydrogen-bond donors (Lipinski definition) is 1. The number of rotatable bonds is 7. The molecule has 0 aromatic carbocycles. The van der Waals surface area contributed by atoms with Crippen LogP contribution in [0.5, 0.6) is 0 Å². The quantitative estimate of drug-likeness (QED) is 0.838. The third-order valence-electron chi connectivity index (χ3n) is 3.76. The van der Waals surface area contributed by atoms with Gasteiger partial charge in [-0.05, 0) is 19.8 Å². The van der Waals surface area contributed by atoms with E-state index in [-0.39, 0.29) is 0 Å². The molecular formula is C14H23N5O2. The van der Waals surface area contributed by atoms with Crippen LogP contribution in [0, 0.1) is 0 Å². The fraction of sp³-hybridized carbons (Fsp3) is 0.643. The lowest BCUT2D eigenvalue weighted by atomic mass is 9.96. The van der Waals surface area contributed by atoms with E-state index < -0.39 is 11.6 Å². The summed E-state index contributed by atoms with van der Waals surface area (Å²) >= 11 is 0. The zero-order valence-corrected chi connectivity index (χ0v) is 13.0. The van der Waals surface area contributed by atoms with Gasteiger partial charge in [-0.15, -0.1) is 0 Å². The second kappa shape index (κ2) is 6.36. The van der Waals surface area contributed by atoms with Gasteiger partial charge in [0.2, 0.25) is 11.7 Å². The van der Waals surface area contributed by atoms with Gasteiger partial charge in [-0.3, -0.25) is 4.68 Å². The Balaban J connectivity index is 2.28. The van der Waals surface area contributed by atoms with Crippen molar-refractivity contribution in [3.8, 4) is 0 Å². The summed E-state index contributed by atoms with van der Waals surface area (Å²) < 4.78 is 12.9. The molecule has 0 radical (unpaired) electrons. The van der Waals surface area contributed by atoms with Crippen LogP contribution in [0.1, 0.15) is 56.9 Å². The molecule has 7 heteroatoms. The van der Waals surface area contributed by atoms with Crippen LogP contribution in [0.25, 0.3) is 0 Å². The van der Waals surface area contributed by atoms with Crippen molar-refractivity contribution in [1.82, 2.24) is 19.9 Å². The Morgan fingerprint density at radius 2 is 2.10 bits per heavy atom. The summed E-state index contributed by atoms with van der Waals surface area (Å²) in [7, 11) is 1.84. The minimum Gasteiger partial charge on any atom is -0.367 e. The average molecular weight is 293 g/mol. The van der Waals surface area contributed by atoms with Crippen molar-refractivity contribution < 1.29 is 9.26 Å². The Bertz CT molecular complexity index is 573. The van der Waals surface area contributed by atoms with Gasteiger partial charge in [0.15, 0.2) is 0 Å². The van der Waals surface area contributed by atoms with Crippen molar-refractivity contribution in [3.05, 3.63) is 29.7 Å². The molecule has 1 unspecified atom stereocenters. The maximum atomic E-state index is 6.15. The van der Waals surface area contributed by atoms with Crippen LogP contribution in [0.3, 0.4) is 0 Å². The van der Waals surface area contributed by atoms with Gasteiger partial charge in [0.25, 0.3) is 0 Å². The number of nitrogens with zero attached hydrogens (tertiary/aromatic N) is 4. The number of aryl methyl sites for hydroxylation is 1. The minimum absolute atomic E-state index is 0.379. The molecule has 0 bridgehead atoms. The zero-order chi connectivity index (χ0) is 15.5. The maximum Gasteiger partial charge on any atom is 0.248 e. The fourth-order valence-corrected chi connectivity index (χ4v) is 2.40. The van der Waals surface area contributed by atoms with E-state index in [2.05, 4.69) is 29.1 Å². The van der Waals surface area contributed by atoms with Gasteiger partial charge in [0.05, 0.1) is 6.20 Å². The standard InChI is InChI=1S/C14H23N5O2/c1-5-14(6-2,20-7-3)13-17-12(21-18-13)11(15)10-8-16-19(4)9-10/h8-9,11H,5-7,15H2,1-4H3. The topological polar surface area (TPSA) is 92.0 Å². The highest BCUT2D eigenvalue weighted by Crippen LogP contribution is 2.31. The summed E-state index contributed by atoms with van der Waals surface area (Å²) in [5, 5.41) is 8.19. The number of hydrogen-bond acceptors (Lipinski definition) is 6. The largest absolute Gasteiger partial charge is 0.367 e. The van der Waals surface area contributed by atoms with Crippen LogP contribution in [-0.2, 0) is 17.4 Å². The summed E-state index contributed by atoms with van der Waals surface area (Å²) in [5.41, 5.74) is 6.48. The first kappa shape index (κ1) is 15.7. The normalized spacial score (nSPS) is 13.6. The number of aromatic nitrogens is 4. The second-order valence-corrected chi connectivity index (χ2v) is 5.02. The van der Waals surface area contributed by atoms with Crippen LogP contribution in [0.15, 0.2) is 16.9 Å². The molecule has 7 nitrogen and oxygen atoms in total. The van der Waals surface area contributed by atoms with E-state index in [9.17, 15) is 0 Å². The highest BCUT2D eigenvalue weighted by atomic mass is 16.5. The Labute approximate surface area is 124 Å². The molecule has 1 atom stereocenters. The van der Waals surface area contributed by atoms with Gasteiger partial charge in [-0.1, -0.05) is 19.0 Å². The van der Waals surface area contributed by atoms with Gasteiger partial charge in [0, 0.05) is 25.4 Å². The molecule has 0 saturated heterocycles. The van der Waals surface area contributed by atoms with E-state index in [1.807, 2.05) is 20.2 Å². The Morgan fingerprint density at radius 1 is 1.38 bits per heavy atom. The maximum absolute atomic E-state index is 6.15. The third-order valence-corrected chi connectivity index (χ3v) is 3.76. The van der Waals surface area contributed by atoms with Crippen molar-refractivity contribution in [2.24, 2.45) is 12.8 Å². The molecule has 21 heavy (non-hydrogen) atoms. The van der Waals surface area contributed by atoms with E-state index in [0.717, 1.165) is 18.4 Å². The van der Waals surface area contributed by atoms with Crippen molar-refractivity contribution in [2.45, 2.75) is 45.3 Å². The summed E-state index contributed by atoms with van der Waals surface area (Å²) in [5.74, 6) is 0.938. The summed E-state index contributed by atoms with van der Waals surface area (Å²) in [6.45, 7) is 6.66. The first-order chi connectivity index (χ1) is 10.1. The first-order valence-corrected chi connectivity index (χ1v) is 7.28. The summed E-state index contributed by atoms with van der Waals surface area (Å²) in [6.07, 6.45) is 5.09. The van der Waals surface area contributed by atoms with Crippen LogP contribution in [0.4, 0.5) is 0 Å². The van der Waals surface area contributed by atoms with Crippen molar-refractivity contribution >= 4 is 0 Å². The lowest BCUT2D eigenvalue weighted by Crippen LogP contribution is -2.30. The van der Waals surface area contributed by atoms with Crippen molar-refractivity contribution in [1.29, 1.82) is 0 Å². The predicted octanol–water partition coefficient (Wildman–Crippen LogP) is 1.90. The van der Waals surface area contributed by atoms with Crippen LogP contribution >= 0.6 is 0 Å². The van der Waals surface area contributed by atoms with E-state index >= 15 is 0 Å². The van der Waals surface area contributed by atoms with Crippen molar-refractivity contribution in [2.75, 3.05) is 6.61 Å². The number of nitrogens with two attached hydrogens (primary N) is 1. The van der Waals surface area contributed by atoms with Crippen molar-refractivity contribution in [3.63, 3.8) is 0 Å². The molecular weight excluding hydrogens is 270 g/mol. The second-order valence-electron chi connectivity index (χ2n) is 5.02. The molecule has 0 fully saturated rings. The lowest BCUT2D eigenvalue weighted by Gasteiger charge is -2.27. The van der Waals surface area contributed by atoms with E-state index in [1.54, 1.807) is 10.9 Å². The molecule has 0 amide bonds. The zero-order valence-electron chi connectivity index (χ0n) is 13.0. The van der Waals surface area contributed by atoms with Gasteiger partial charge in [-0.25, -0.2) is 0 Å². The molecule has 0 aliphatic heterocycles. The molecule has 2 aromatic rings. The Hall–Kier alpha value is -1.73. The fourth-order valence-electron chi connectivity index (χ4n) is 2.40. The molecule has 2 N–H and O–H groups in total. The monoisotopic (exact) mass is 293 g/mol. The molecule has 0 aliphatic rings. The predicted molar refractivity (Wildman–Crippen MR) is 77.4 cm³/mol. The summed E-state index contributed by atoms with van der Waals surface area (Å²) in [6, 6.07) is -0.479. The van der Waals surface area contributed by atoms with E-state index in [0.29, 0.717) is 18.3 Å². The smallest absolute Gasteiger partial charge is 0.248 e. The van der Waals surface area contributed by atoms with E-state index in [4.69, 9.17) is 15.0 Å². The third kappa shape index (κ3) is 2.98. The summed E-state index contributed by atoms with van der Waals surface area (Å²) in [4.78, 5) is 4.46. The minimum atomic E-state index is -0.509. The van der Waals surface area contributed by atoms with Crippen LogP contribution < -0.4 is 5.73 Å². The van der Waals surface area contributed by atoms with Gasteiger partial charge >= 0.3 is 0 Å². The highest BCUT2D eigenvalue weighted by Gasteiger charge is 2.35. The molecule has 116 valence electrons. The molecule has 2 rings (SSSR count). The lowest BCUT2D eigenvalue weighted by molar-refractivity contribution is -0.0583. The highest BCUT2D eigenvalue weighted by molar-refractivity contribution is 5.17. The van der Waals surface area contributed by atoms with Gasteiger partial charge < -0.3 is 15.0 Å². The van der Waals surface area contributed by atoms with Crippen LogP contribution in [-0.4, -0.2) is 26.5 Å².